The highest BCUT2D eigenvalue weighted by atomic mass is 32.1. The molecule has 3 rings (SSSR count). The van der Waals surface area contributed by atoms with E-state index in [4.69, 9.17) is 0 Å². The third-order valence-electron chi connectivity index (χ3n) is 3.10. The van der Waals surface area contributed by atoms with E-state index in [0.29, 0.717) is 6.54 Å². The number of imidazole rings is 1. The Balaban J connectivity index is 1.77. The van der Waals surface area contributed by atoms with Crippen molar-refractivity contribution in [3.8, 4) is 10.8 Å². The topological polar surface area (TPSA) is 51.0 Å². The summed E-state index contributed by atoms with van der Waals surface area (Å²) in [4.78, 5) is 22.5. The lowest BCUT2D eigenvalue weighted by Gasteiger charge is -2.16. The second-order valence-electron chi connectivity index (χ2n) is 4.30. The first-order valence-corrected chi connectivity index (χ1v) is 6.91. The number of hydrogen-bond donors (Lipinski definition) is 0. The molecule has 0 aromatic carbocycles. The molecule has 3 heterocycles. The molecule has 1 aliphatic heterocycles. The van der Waals surface area contributed by atoms with Gasteiger partial charge in [0.1, 0.15) is 6.54 Å². The number of rotatable bonds is 3. The van der Waals surface area contributed by atoms with Crippen molar-refractivity contribution in [3.63, 3.8) is 0 Å². The summed E-state index contributed by atoms with van der Waals surface area (Å²) in [5.74, 6) is 0.945. The fourth-order valence-electron chi connectivity index (χ4n) is 2.18. The van der Waals surface area contributed by atoms with Gasteiger partial charge in [-0.25, -0.2) is 9.97 Å². The Morgan fingerprint density at radius 1 is 1.28 bits per heavy atom. The molecule has 0 radical (unpaired) electrons. The molecule has 0 N–H and O–H groups in total. The number of likely N-dealkylation sites (tertiary alicyclic amines) is 1. The second-order valence-corrected chi connectivity index (χ2v) is 5.20. The van der Waals surface area contributed by atoms with Crippen LogP contribution < -0.4 is 0 Å². The average Bonchev–Trinajstić information content (AvgIpc) is 3.11. The Bertz CT molecular complexity index is 528. The Morgan fingerprint density at radius 3 is 2.83 bits per heavy atom. The van der Waals surface area contributed by atoms with Crippen molar-refractivity contribution in [1.29, 1.82) is 0 Å². The normalized spacial score (nSPS) is 15.2. The van der Waals surface area contributed by atoms with Crippen LogP contribution in [0.15, 0.2) is 24.0 Å². The van der Waals surface area contributed by atoms with Gasteiger partial charge in [-0.15, -0.1) is 11.3 Å². The summed E-state index contributed by atoms with van der Waals surface area (Å²) in [7, 11) is 0. The highest BCUT2D eigenvalue weighted by molar-refractivity contribution is 7.13. The molecule has 1 fully saturated rings. The number of aromatic nitrogens is 3. The van der Waals surface area contributed by atoms with Crippen molar-refractivity contribution in [2.75, 3.05) is 13.1 Å². The van der Waals surface area contributed by atoms with Crippen LogP contribution >= 0.6 is 11.3 Å². The Kier molecular flexibility index (Phi) is 3.10. The number of nitrogens with zero attached hydrogens (tertiary/aromatic N) is 4. The number of carbonyl (C=O) groups excluding carboxylic acids is 1. The van der Waals surface area contributed by atoms with Gasteiger partial charge in [0.15, 0.2) is 10.8 Å². The minimum Gasteiger partial charge on any atom is -0.341 e. The molecule has 5 nitrogen and oxygen atoms in total. The van der Waals surface area contributed by atoms with Crippen molar-refractivity contribution in [3.05, 3.63) is 24.0 Å². The van der Waals surface area contributed by atoms with E-state index in [9.17, 15) is 4.79 Å². The van der Waals surface area contributed by atoms with Crippen LogP contribution in [-0.2, 0) is 11.3 Å². The average molecular weight is 262 g/mol. The van der Waals surface area contributed by atoms with Crippen LogP contribution in [0.1, 0.15) is 12.8 Å². The summed E-state index contributed by atoms with van der Waals surface area (Å²) in [5, 5.41) is 2.77. The van der Waals surface area contributed by atoms with Crippen LogP contribution in [-0.4, -0.2) is 38.4 Å². The van der Waals surface area contributed by atoms with E-state index in [2.05, 4.69) is 9.97 Å². The molecule has 0 spiro atoms. The van der Waals surface area contributed by atoms with Gasteiger partial charge in [0.05, 0.1) is 0 Å². The zero-order chi connectivity index (χ0) is 12.4. The predicted molar refractivity (Wildman–Crippen MR) is 69.1 cm³/mol. The summed E-state index contributed by atoms with van der Waals surface area (Å²) in [6.45, 7) is 2.13. The number of amides is 1. The molecule has 1 aliphatic rings. The van der Waals surface area contributed by atoms with Crippen LogP contribution in [0.5, 0.6) is 0 Å². The SMILES string of the molecule is O=C(Cn1ccnc1-c1nccs1)N1CCCC1. The maximum Gasteiger partial charge on any atom is 0.242 e. The summed E-state index contributed by atoms with van der Waals surface area (Å²) < 4.78 is 1.87. The second kappa shape index (κ2) is 4.89. The van der Waals surface area contributed by atoms with Crippen molar-refractivity contribution in [2.24, 2.45) is 0 Å². The van der Waals surface area contributed by atoms with Crippen molar-refractivity contribution in [2.45, 2.75) is 19.4 Å². The van der Waals surface area contributed by atoms with Gasteiger partial charge in [-0.2, -0.15) is 0 Å². The summed E-state index contributed by atoms with van der Waals surface area (Å²) in [6.07, 6.45) is 7.55. The molecule has 2 aromatic rings. The monoisotopic (exact) mass is 262 g/mol. The van der Waals surface area contributed by atoms with Gasteiger partial charge in [0.2, 0.25) is 5.91 Å². The molecular weight excluding hydrogens is 248 g/mol. The molecule has 0 atom stereocenters. The molecule has 6 heteroatoms. The maximum atomic E-state index is 12.1. The lowest BCUT2D eigenvalue weighted by molar-refractivity contribution is -0.130. The van der Waals surface area contributed by atoms with Crippen LogP contribution in [0.3, 0.4) is 0 Å². The van der Waals surface area contributed by atoms with E-state index in [1.165, 1.54) is 11.3 Å². The Labute approximate surface area is 109 Å². The fourth-order valence-corrected chi connectivity index (χ4v) is 2.83. The first-order valence-electron chi connectivity index (χ1n) is 6.03. The minimum absolute atomic E-state index is 0.170. The molecule has 2 aromatic heterocycles. The lowest BCUT2D eigenvalue weighted by atomic mass is 10.4. The summed E-state index contributed by atoms with van der Waals surface area (Å²) in [5.41, 5.74) is 0. The first-order chi connectivity index (χ1) is 8.84. The van der Waals surface area contributed by atoms with Gasteiger partial charge in [0, 0.05) is 37.1 Å². The quantitative estimate of drug-likeness (QED) is 0.844. The van der Waals surface area contributed by atoms with E-state index in [1.54, 1.807) is 12.4 Å². The highest BCUT2D eigenvalue weighted by Gasteiger charge is 2.19. The first kappa shape index (κ1) is 11.4. The van der Waals surface area contributed by atoms with Gasteiger partial charge in [-0.1, -0.05) is 0 Å². The Hall–Kier alpha value is -1.69. The van der Waals surface area contributed by atoms with E-state index in [-0.39, 0.29) is 5.91 Å². The molecule has 0 bridgehead atoms. The summed E-state index contributed by atoms with van der Waals surface area (Å²) >= 11 is 1.53. The smallest absolute Gasteiger partial charge is 0.242 e. The van der Waals surface area contributed by atoms with Crippen LogP contribution in [0.2, 0.25) is 0 Å². The molecule has 18 heavy (non-hydrogen) atoms. The van der Waals surface area contributed by atoms with Crippen LogP contribution in [0.25, 0.3) is 10.8 Å². The molecule has 1 amide bonds. The van der Waals surface area contributed by atoms with Crippen molar-refractivity contribution < 1.29 is 4.79 Å². The molecule has 94 valence electrons. The van der Waals surface area contributed by atoms with E-state index >= 15 is 0 Å². The fraction of sp³-hybridized carbons (Fsp3) is 0.417. The zero-order valence-corrected chi connectivity index (χ0v) is 10.8. The predicted octanol–water partition coefficient (Wildman–Crippen LogP) is 1.63. The minimum atomic E-state index is 0.170. The van der Waals surface area contributed by atoms with Gasteiger partial charge < -0.3 is 9.47 Å². The van der Waals surface area contributed by atoms with Crippen LogP contribution in [0.4, 0.5) is 0 Å². The molecule has 0 aliphatic carbocycles. The summed E-state index contributed by atoms with van der Waals surface area (Å²) in [6, 6.07) is 0. The van der Waals surface area contributed by atoms with E-state index < -0.39 is 0 Å². The maximum absolute atomic E-state index is 12.1. The zero-order valence-electron chi connectivity index (χ0n) is 9.95. The number of thiazole rings is 1. The van der Waals surface area contributed by atoms with Gasteiger partial charge in [0.25, 0.3) is 0 Å². The van der Waals surface area contributed by atoms with Crippen molar-refractivity contribution >= 4 is 17.2 Å². The highest BCUT2D eigenvalue weighted by Crippen LogP contribution is 2.20. The van der Waals surface area contributed by atoms with E-state index in [1.807, 2.05) is 21.0 Å². The third-order valence-corrected chi connectivity index (χ3v) is 3.87. The van der Waals surface area contributed by atoms with Gasteiger partial charge >= 0.3 is 0 Å². The van der Waals surface area contributed by atoms with Gasteiger partial charge in [-0.05, 0) is 12.8 Å². The molecule has 0 saturated carbocycles. The third kappa shape index (κ3) is 2.15. The lowest BCUT2D eigenvalue weighted by Crippen LogP contribution is -2.31. The van der Waals surface area contributed by atoms with Crippen molar-refractivity contribution in [1.82, 2.24) is 19.4 Å². The number of hydrogen-bond acceptors (Lipinski definition) is 4. The molecule has 1 saturated heterocycles. The van der Waals surface area contributed by atoms with Gasteiger partial charge in [-0.3, -0.25) is 4.79 Å². The largest absolute Gasteiger partial charge is 0.341 e. The van der Waals surface area contributed by atoms with Crippen LogP contribution in [0, 0.1) is 0 Å². The molecule has 0 unspecified atom stereocenters. The number of carbonyl (C=O) groups is 1. The Morgan fingerprint density at radius 2 is 2.11 bits per heavy atom. The van der Waals surface area contributed by atoms with E-state index in [0.717, 1.165) is 36.8 Å². The standard InChI is InChI=1S/C12H14N4OS/c17-10(15-5-1-2-6-15)9-16-7-3-13-11(16)12-14-4-8-18-12/h3-4,7-8H,1-2,5-6,9H2. The molecular formula is C12H14N4OS.